The second-order valence-corrected chi connectivity index (χ2v) is 8.61. The molecule has 0 spiro atoms. The zero-order chi connectivity index (χ0) is 18.7. The lowest BCUT2D eigenvalue weighted by atomic mass is 9.96. The van der Waals surface area contributed by atoms with Gasteiger partial charge in [-0.25, -0.2) is 8.42 Å². The second-order valence-electron chi connectivity index (χ2n) is 6.61. The molecule has 1 fully saturated rings. The molecule has 0 radical (unpaired) electrons. The minimum absolute atomic E-state index is 0.0588. The van der Waals surface area contributed by atoms with Crippen LogP contribution in [0, 0.1) is 6.92 Å². The van der Waals surface area contributed by atoms with Gasteiger partial charge in [0.05, 0.1) is 4.90 Å². The van der Waals surface area contributed by atoms with Gasteiger partial charge in [0.1, 0.15) is 5.76 Å². The SMILES string of the molecule is Cc1cc(C(=O)Nc2ccc(S(=O)(=O)N(C)C3CCCCC3)cc2)no1. The maximum atomic E-state index is 12.8. The summed E-state index contributed by atoms with van der Waals surface area (Å²) in [5, 5.41) is 6.33. The standard InChI is InChI=1S/C18H23N3O4S/c1-13-12-17(20-25-13)18(22)19-14-8-10-16(11-9-14)26(23,24)21(2)15-6-4-3-5-7-15/h8-12,15H,3-7H2,1-2H3,(H,19,22). The van der Waals surface area contributed by atoms with Crippen LogP contribution in [0.1, 0.15) is 48.4 Å². The molecule has 8 heteroatoms. The fourth-order valence-corrected chi connectivity index (χ4v) is 4.60. The number of hydrogen-bond donors (Lipinski definition) is 1. The Bertz CT molecular complexity index is 868. The summed E-state index contributed by atoms with van der Waals surface area (Å²) in [5.41, 5.74) is 0.672. The Morgan fingerprint density at radius 1 is 1.19 bits per heavy atom. The van der Waals surface area contributed by atoms with Gasteiger partial charge in [0, 0.05) is 24.8 Å². The third kappa shape index (κ3) is 3.96. The number of anilines is 1. The average Bonchev–Trinajstić information content (AvgIpc) is 3.09. The monoisotopic (exact) mass is 377 g/mol. The fraction of sp³-hybridized carbons (Fsp3) is 0.444. The molecule has 1 aliphatic rings. The van der Waals surface area contributed by atoms with Crippen molar-refractivity contribution in [1.82, 2.24) is 9.46 Å². The summed E-state index contributed by atoms with van der Waals surface area (Å²) in [7, 11) is -1.89. The average molecular weight is 377 g/mol. The molecule has 1 aliphatic carbocycles. The molecule has 3 rings (SSSR count). The van der Waals surface area contributed by atoms with E-state index >= 15 is 0 Å². The highest BCUT2D eigenvalue weighted by Crippen LogP contribution is 2.27. The van der Waals surface area contributed by atoms with Crippen LogP contribution in [-0.2, 0) is 10.0 Å². The number of hydrogen-bond acceptors (Lipinski definition) is 5. The van der Waals surface area contributed by atoms with Gasteiger partial charge in [0.15, 0.2) is 5.69 Å². The Morgan fingerprint density at radius 3 is 2.42 bits per heavy atom. The van der Waals surface area contributed by atoms with Crippen LogP contribution in [0.15, 0.2) is 39.8 Å². The first-order chi connectivity index (χ1) is 12.4. The molecule has 1 amide bonds. The van der Waals surface area contributed by atoms with Gasteiger partial charge in [-0.2, -0.15) is 4.31 Å². The minimum atomic E-state index is -3.54. The molecule has 1 aromatic carbocycles. The molecule has 7 nitrogen and oxygen atoms in total. The van der Waals surface area contributed by atoms with Crippen LogP contribution in [0.5, 0.6) is 0 Å². The third-order valence-electron chi connectivity index (χ3n) is 4.74. The topological polar surface area (TPSA) is 92.5 Å². The molecule has 2 aromatic rings. The number of benzene rings is 1. The van der Waals surface area contributed by atoms with Crippen molar-refractivity contribution >= 4 is 21.6 Å². The van der Waals surface area contributed by atoms with Crippen LogP contribution in [0.3, 0.4) is 0 Å². The van der Waals surface area contributed by atoms with E-state index < -0.39 is 15.9 Å². The van der Waals surface area contributed by atoms with E-state index in [1.165, 1.54) is 28.9 Å². The lowest BCUT2D eigenvalue weighted by Gasteiger charge is -2.30. The zero-order valence-electron chi connectivity index (χ0n) is 14.9. The lowest BCUT2D eigenvalue weighted by molar-refractivity contribution is 0.101. The molecule has 0 unspecified atom stereocenters. The summed E-state index contributed by atoms with van der Waals surface area (Å²) >= 11 is 0. The Hall–Kier alpha value is -2.19. The van der Waals surface area contributed by atoms with E-state index in [2.05, 4.69) is 10.5 Å². The molecule has 0 aliphatic heterocycles. The first kappa shape index (κ1) is 18.6. The Morgan fingerprint density at radius 2 is 1.85 bits per heavy atom. The Kier molecular flexibility index (Phi) is 5.43. The van der Waals surface area contributed by atoms with Gasteiger partial charge in [-0.15, -0.1) is 0 Å². The maximum Gasteiger partial charge on any atom is 0.277 e. The van der Waals surface area contributed by atoms with E-state index in [-0.39, 0.29) is 16.6 Å². The normalized spacial score (nSPS) is 16.0. The molecule has 0 atom stereocenters. The predicted molar refractivity (Wildman–Crippen MR) is 97.5 cm³/mol. The van der Waals surface area contributed by atoms with E-state index in [0.717, 1.165) is 25.7 Å². The molecule has 140 valence electrons. The van der Waals surface area contributed by atoms with E-state index in [1.807, 2.05) is 0 Å². The number of nitrogens with zero attached hydrogens (tertiary/aromatic N) is 2. The summed E-state index contributed by atoms with van der Waals surface area (Å²) < 4.78 is 32.0. The zero-order valence-corrected chi connectivity index (χ0v) is 15.8. The molecule has 1 heterocycles. The Labute approximate surface area is 153 Å². The number of rotatable bonds is 5. The van der Waals surface area contributed by atoms with Gasteiger partial charge in [0.2, 0.25) is 10.0 Å². The predicted octanol–water partition coefficient (Wildman–Crippen LogP) is 3.19. The van der Waals surface area contributed by atoms with Crippen molar-refractivity contribution < 1.29 is 17.7 Å². The number of sulfonamides is 1. The number of aromatic nitrogens is 1. The van der Waals surface area contributed by atoms with E-state index in [4.69, 9.17) is 4.52 Å². The number of nitrogens with one attached hydrogen (secondary N) is 1. The van der Waals surface area contributed by atoms with Crippen molar-refractivity contribution in [2.75, 3.05) is 12.4 Å². The van der Waals surface area contributed by atoms with Gasteiger partial charge >= 0.3 is 0 Å². The number of amides is 1. The van der Waals surface area contributed by atoms with Crippen LogP contribution in [0.4, 0.5) is 5.69 Å². The van der Waals surface area contributed by atoms with Gasteiger partial charge in [0.25, 0.3) is 5.91 Å². The summed E-state index contributed by atoms with van der Waals surface area (Å²) in [6.07, 6.45) is 5.11. The first-order valence-electron chi connectivity index (χ1n) is 8.71. The highest BCUT2D eigenvalue weighted by molar-refractivity contribution is 7.89. The van der Waals surface area contributed by atoms with Crippen LogP contribution < -0.4 is 5.32 Å². The summed E-state index contributed by atoms with van der Waals surface area (Å²) in [6, 6.07) is 7.77. The Balaban J connectivity index is 1.70. The minimum Gasteiger partial charge on any atom is -0.361 e. The smallest absolute Gasteiger partial charge is 0.277 e. The van der Waals surface area contributed by atoms with Gasteiger partial charge in [-0.1, -0.05) is 24.4 Å². The largest absolute Gasteiger partial charge is 0.361 e. The third-order valence-corrected chi connectivity index (χ3v) is 6.66. The second kappa shape index (κ2) is 7.59. The molecule has 26 heavy (non-hydrogen) atoms. The molecule has 1 aromatic heterocycles. The first-order valence-corrected chi connectivity index (χ1v) is 10.1. The highest BCUT2D eigenvalue weighted by atomic mass is 32.2. The highest BCUT2D eigenvalue weighted by Gasteiger charge is 2.28. The van der Waals surface area contributed by atoms with Gasteiger partial charge in [-0.3, -0.25) is 4.79 Å². The van der Waals surface area contributed by atoms with E-state index in [1.54, 1.807) is 26.1 Å². The number of aryl methyl sites for hydroxylation is 1. The van der Waals surface area contributed by atoms with Gasteiger partial charge in [-0.05, 0) is 44.0 Å². The molecule has 0 saturated heterocycles. The van der Waals surface area contributed by atoms with Crippen LogP contribution in [-0.4, -0.2) is 36.9 Å². The van der Waals surface area contributed by atoms with Crippen molar-refractivity contribution in [1.29, 1.82) is 0 Å². The van der Waals surface area contributed by atoms with Crippen molar-refractivity contribution in [2.45, 2.75) is 50.0 Å². The molecule has 1 saturated carbocycles. The quantitative estimate of drug-likeness (QED) is 0.864. The van der Waals surface area contributed by atoms with Crippen LogP contribution >= 0.6 is 0 Å². The van der Waals surface area contributed by atoms with Crippen molar-refractivity contribution in [2.24, 2.45) is 0 Å². The summed E-state index contributed by atoms with van der Waals surface area (Å²) in [4.78, 5) is 12.3. The summed E-state index contributed by atoms with van der Waals surface area (Å²) in [5.74, 6) is 0.138. The van der Waals surface area contributed by atoms with Crippen molar-refractivity contribution in [3.05, 3.63) is 41.8 Å². The van der Waals surface area contributed by atoms with E-state index in [9.17, 15) is 13.2 Å². The van der Waals surface area contributed by atoms with Crippen LogP contribution in [0.2, 0.25) is 0 Å². The summed E-state index contributed by atoms with van der Waals surface area (Å²) in [6.45, 7) is 1.70. The molecular weight excluding hydrogens is 354 g/mol. The molecular formula is C18H23N3O4S. The molecule has 0 bridgehead atoms. The van der Waals surface area contributed by atoms with Crippen LogP contribution in [0.25, 0.3) is 0 Å². The van der Waals surface area contributed by atoms with E-state index in [0.29, 0.717) is 11.4 Å². The molecule has 1 N–H and O–H groups in total. The number of carbonyl (C=O) groups excluding carboxylic acids is 1. The lowest BCUT2D eigenvalue weighted by Crippen LogP contribution is -2.38. The maximum absolute atomic E-state index is 12.8. The van der Waals surface area contributed by atoms with Gasteiger partial charge < -0.3 is 9.84 Å². The number of carbonyl (C=O) groups is 1. The van der Waals surface area contributed by atoms with Crippen molar-refractivity contribution in [3.63, 3.8) is 0 Å². The van der Waals surface area contributed by atoms with Crippen molar-refractivity contribution in [3.8, 4) is 0 Å². The fourth-order valence-electron chi connectivity index (χ4n) is 3.19.